The molecule has 1 N–H and O–H groups in total. The van der Waals surface area contributed by atoms with E-state index in [-0.39, 0.29) is 4.90 Å². The zero-order valence-electron chi connectivity index (χ0n) is 10.6. The maximum absolute atomic E-state index is 11.2. The summed E-state index contributed by atoms with van der Waals surface area (Å²) in [5.41, 5.74) is 2.49. The predicted molar refractivity (Wildman–Crippen MR) is 73.0 cm³/mol. The van der Waals surface area contributed by atoms with Crippen LogP contribution in [0, 0.1) is 6.92 Å². The number of methoxy groups -OCH3 is 1. The monoisotopic (exact) mass is 278 g/mol. The van der Waals surface area contributed by atoms with Crippen molar-refractivity contribution >= 4 is 10.1 Å². The van der Waals surface area contributed by atoms with Gasteiger partial charge in [0.1, 0.15) is 5.75 Å². The van der Waals surface area contributed by atoms with Gasteiger partial charge in [-0.15, -0.1) is 0 Å². The van der Waals surface area contributed by atoms with E-state index in [9.17, 15) is 8.42 Å². The minimum absolute atomic E-state index is 0.147. The van der Waals surface area contributed by atoms with Crippen LogP contribution in [0.5, 0.6) is 5.75 Å². The van der Waals surface area contributed by atoms with Crippen LogP contribution in [0.4, 0.5) is 0 Å². The van der Waals surface area contributed by atoms with Crippen LogP contribution in [0.25, 0.3) is 11.1 Å². The highest BCUT2D eigenvalue weighted by atomic mass is 32.2. The summed E-state index contributed by atoms with van der Waals surface area (Å²) in [6.07, 6.45) is 0. The molecule has 0 saturated carbocycles. The van der Waals surface area contributed by atoms with Crippen LogP contribution in [0.2, 0.25) is 0 Å². The van der Waals surface area contributed by atoms with Gasteiger partial charge < -0.3 is 4.74 Å². The van der Waals surface area contributed by atoms with Crippen LogP contribution in [0.3, 0.4) is 0 Å². The third kappa shape index (κ3) is 2.77. The molecular weight excluding hydrogens is 264 g/mol. The van der Waals surface area contributed by atoms with Crippen molar-refractivity contribution in [3.63, 3.8) is 0 Å². The van der Waals surface area contributed by atoms with E-state index in [1.165, 1.54) is 25.3 Å². The third-order valence-electron chi connectivity index (χ3n) is 2.90. The SMILES string of the molecule is COc1ccc(S(=O)(=O)O)cc1-c1ccccc1C. The van der Waals surface area contributed by atoms with Crippen LogP contribution >= 0.6 is 0 Å². The van der Waals surface area contributed by atoms with Crippen LogP contribution in [-0.4, -0.2) is 20.1 Å². The van der Waals surface area contributed by atoms with E-state index in [0.29, 0.717) is 11.3 Å². The van der Waals surface area contributed by atoms with E-state index in [4.69, 9.17) is 9.29 Å². The van der Waals surface area contributed by atoms with Crippen molar-refractivity contribution in [3.05, 3.63) is 48.0 Å². The van der Waals surface area contributed by atoms with Crippen LogP contribution in [0.1, 0.15) is 5.56 Å². The van der Waals surface area contributed by atoms with Crippen molar-refractivity contribution in [3.8, 4) is 16.9 Å². The lowest BCUT2D eigenvalue weighted by Crippen LogP contribution is -1.99. The second-order valence-corrected chi connectivity index (χ2v) is 5.57. The number of aryl methyl sites for hydroxylation is 1. The molecule has 0 aliphatic carbocycles. The standard InChI is InChI=1S/C14H14O4S/c1-10-5-3-4-6-12(10)13-9-11(19(15,16)17)7-8-14(13)18-2/h3-9H,1-2H3,(H,15,16,17). The Balaban J connectivity index is 2.71. The van der Waals surface area contributed by atoms with E-state index < -0.39 is 10.1 Å². The molecule has 0 unspecified atom stereocenters. The Kier molecular flexibility index (Phi) is 3.59. The fourth-order valence-electron chi connectivity index (χ4n) is 1.93. The van der Waals surface area contributed by atoms with E-state index in [2.05, 4.69) is 0 Å². The second kappa shape index (κ2) is 5.03. The van der Waals surface area contributed by atoms with Gasteiger partial charge in [-0.2, -0.15) is 8.42 Å². The summed E-state index contributed by atoms with van der Waals surface area (Å²) < 4.78 is 36.8. The van der Waals surface area contributed by atoms with Gasteiger partial charge in [0.05, 0.1) is 12.0 Å². The van der Waals surface area contributed by atoms with E-state index in [1.807, 2.05) is 31.2 Å². The molecule has 0 heterocycles. The molecule has 0 bridgehead atoms. The average molecular weight is 278 g/mol. The van der Waals surface area contributed by atoms with Crippen molar-refractivity contribution < 1.29 is 17.7 Å². The average Bonchev–Trinajstić information content (AvgIpc) is 2.37. The quantitative estimate of drug-likeness (QED) is 0.877. The Morgan fingerprint density at radius 2 is 1.74 bits per heavy atom. The molecule has 2 rings (SSSR count). The van der Waals surface area contributed by atoms with Gasteiger partial charge in [0.2, 0.25) is 0 Å². The Morgan fingerprint density at radius 1 is 1.05 bits per heavy atom. The van der Waals surface area contributed by atoms with Gasteiger partial charge in [-0.1, -0.05) is 24.3 Å². The number of hydrogen-bond acceptors (Lipinski definition) is 3. The van der Waals surface area contributed by atoms with Crippen LogP contribution < -0.4 is 4.74 Å². The highest BCUT2D eigenvalue weighted by molar-refractivity contribution is 7.85. The van der Waals surface area contributed by atoms with Crippen molar-refractivity contribution in [2.24, 2.45) is 0 Å². The maximum atomic E-state index is 11.2. The summed E-state index contributed by atoms with van der Waals surface area (Å²) in [4.78, 5) is -0.147. The fourth-order valence-corrected chi connectivity index (χ4v) is 2.44. The van der Waals surface area contributed by atoms with Crippen molar-refractivity contribution in [1.29, 1.82) is 0 Å². The predicted octanol–water partition coefficient (Wildman–Crippen LogP) is 2.92. The molecule has 19 heavy (non-hydrogen) atoms. The van der Waals surface area contributed by atoms with Gasteiger partial charge in [-0.25, -0.2) is 0 Å². The zero-order valence-corrected chi connectivity index (χ0v) is 11.4. The largest absolute Gasteiger partial charge is 0.496 e. The number of hydrogen-bond donors (Lipinski definition) is 1. The molecule has 2 aromatic rings. The minimum atomic E-state index is -4.23. The summed E-state index contributed by atoms with van der Waals surface area (Å²) in [6, 6.07) is 11.8. The summed E-state index contributed by atoms with van der Waals surface area (Å²) in [5.74, 6) is 0.557. The molecule has 0 aliphatic rings. The van der Waals surface area contributed by atoms with Gasteiger partial charge >= 0.3 is 0 Å². The molecule has 4 nitrogen and oxygen atoms in total. The molecule has 100 valence electrons. The Hall–Kier alpha value is -1.85. The van der Waals surface area contributed by atoms with Gasteiger partial charge in [0, 0.05) is 5.56 Å². The first-order valence-electron chi connectivity index (χ1n) is 5.65. The molecular formula is C14H14O4S. The lowest BCUT2D eigenvalue weighted by Gasteiger charge is -2.12. The zero-order chi connectivity index (χ0) is 14.0. The number of rotatable bonds is 3. The first-order chi connectivity index (χ1) is 8.93. The summed E-state index contributed by atoms with van der Waals surface area (Å²) in [6.45, 7) is 1.93. The number of ether oxygens (including phenoxy) is 1. The van der Waals surface area contributed by atoms with E-state index in [1.54, 1.807) is 0 Å². The highest BCUT2D eigenvalue weighted by Crippen LogP contribution is 2.33. The molecule has 0 spiro atoms. The Bertz CT molecular complexity index is 705. The molecule has 0 fully saturated rings. The van der Waals surface area contributed by atoms with Gasteiger partial charge in [0.15, 0.2) is 0 Å². The molecule has 0 aliphatic heterocycles. The lowest BCUT2D eigenvalue weighted by molar-refractivity contribution is 0.416. The lowest BCUT2D eigenvalue weighted by atomic mass is 10.00. The molecule has 0 atom stereocenters. The summed E-state index contributed by atoms with van der Waals surface area (Å²) in [5, 5.41) is 0. The van der Waals surface area contributed by atoms with E-state index >= 15 is 0 Å². The molecule has 5 heteroatoms. The van der Waals surface area contributed by atoms with Gasteiger partial charge in [0.25, 0.3) is 10.1 Å². The van der Waals surface area contributed by atoms with E-state index in [0.717, 1.165) is 11.1 Å². The Labute approximate surface area is 112 Å². The molecule has 2 aromatic carbocycles. The Morgan fingerprint density at radius 3 is 2.32 bits per heavy atom. The molecule has 0 amide bonds. The molecule has 0 radical (unpaired) electrons. The summed E-state index contributed by atoms with van der Waals surface area (Å²) >= 11 is 0. The summed E-state index contributed by atoms with van der Waals surface area (Å²) in [7, 11) is -2.71. The van der Waals surface area contributed by atoms with Crippen LogP contribution in [-0.2, 0) is 10.1 Å². The highest BCUT2D eigenvalue weighted by Gasteiger charge is 2.15. The molecule has 0 aromatic heterocycles. The third-order valence-corrected chi connectivity index (χ3v) is 3.75. The van der Waals surface area contributed by atoms with Gasteiger partial charge in [-0.05, 0) is 36.2 Å². The fraction of sp³-hybridized carbons (Fsp3) is 0.143. The van der Waals surface area contributed by atoms with Crippen molar-refractivity contribution in [2.45, 2.75) is 11.8 Å². The van der Waals surface area contributed by atoms with Gasteiger partial charge in [-0.3, -0.25) is 4.55 Å². The molecule has 0 saturated heterocycles. The first-order valence-corrected chi connectivity index (χ1v) is 7.09. The topological polar surface area (TPSA) is 63.6 Å². The van der Waals surface area contributed by atoms with Crippen molar-refractivity contribution in [2.75, 3.05) is 7.11 Å². The smallest absolute Gasteiger partial charge is 0.294 e. The second-order valence-electron chi connectivity index (χ2n) is 4.15. The minimum Gasteiger partial charge on any atom is -0.496 e. The first kappa shape index (κ1) is 13.6. The van der Waals surface area contributed by atoms with Crippen LogP contribution in [0.15, 0.2) is 47.4 Å². The number of benzene rings is 2. The maximum Gasteiger partial charge on any atom is 0.294 e. The van der Waals surface area contributed by atoms with Crippen molar-refractivity contribution in [1.82, 2.24) is 0 Å². The normalized spacial score (nSPS) is 11.3.